The van der Waals surface area contributed by atoms with E-state index in [0.717, 1.165) is 11.5 Å². The molecule has 4 heterocycles. The van der Waals surface area contributed by atoms with E-state index < -0.39 is 22.8 Å². The van der Waals surface area contributed by atoms with E-state index in [4.69, 9.17) is 4.74 Å². The lowest BCUT2D eigenvalue weighted by Crippen LogP contribution is -2.28. The molecule has 1 fully saturated rings. The zero-order chi connectivity index (χ0) is 18.9. The van der Waals surface area contributed by atoms with Gasteiger partial charge in [0.2, 0.25) is 5.43 Å². The first-order valence-electron chi connectivity index (χ1n) is 8.63. The molecule has 5 rings (SSSR count). The van der Waals surface area contributed by atoms with Crippen molar-refractivity contribution < 1.29 is 9.13 Å². The SMILES string of the molecule is C[C@H]1COc2c(N3CCC(N=O)C3)c(F)cc3c(=O)c4c(=O)[nH]sc4n1c23. The lowest BCUT2D eigenvalue weighted by atomic mass is 10.1. The summed E-state index contributed by atoms with van der Waals surface area (Å²) in [5, 5.41) is 3.24. The highest BCUT2D eigenvalue weighted by atomic mass is 32.1. The number of nitrogens with zero attached hydrogens (tertiary/aromatic N) is 3. The third-order valence-electron chi connectivity index (χ3n) is 5.33. The van der Waals surface area contributed by atoms with Crippen LogP contribution in [-0.4, -0.2) is 34.7 Å². The number of H-pyrrole nitrogens is 1. The van der Waals surface area contributed by atoms with Gasteiger partial charge in [-0.25, -0.2) is 4.39 Å². The maximum absolute atomic E-state index is 15.0. The number of anilines is 1. The number of aromatic amines is 1. The van der Waals surface area contributed by atoms with Crippen LogP contribution in [0.4, 0.5) is 10.1 Å². The van der Waals surface area contributed by atoms with Crippen LogP contribution in [0.15, 0.2) is 20.8 Å². The Morgan fingerprint density at radius 1 is 1.41 bits per heavy atom. The molecule has 2 aliphatic rings. The second-order valence-electron chi connectivity index (χ2n) is 7.00. The Morgan fingerprint density at radius 2 is 2.22 bits per heavy atom. The van der Waals surface area contributed by atoms with Crippen molar-refractivity contribution in [3.05, 3.63) is 37.4 Å². The lowest BCUT2D eigenvalue weighted by Gasteiger charge is -2.31. The van der Waals surface area contributed by atoms with E-state index in [1.54, 1.807) is 4.90 Å². The summed E-state index contributed by atoms with van der Waals surface area (Å²) in [5.74, 6) is -0.317. The molecule has 2 aromatic heterocycles. The molecule has 27 heavy (non-hydrogen) atoms. The predicted molar refractivity (Wildman–Crippen MR) is 101 cm³/mol. The van der Waals surface area contributed by atoms with Crippen molar-refractivity contribution >= 4 is 38.3 Å². The molecule has 0 saturated carbocycles. The maximum Gasteiger partial charge on any atom is 0.271 e. The molecule has 0 amide bonds. The quantitative estimate of drug-likeness (QED) is 0.678. The number of nitroso groups, excluding NO2 is 1. The highest BCUT2D eigenvalue weighted by Crippen LogP contribution is 2.44. The van der Waals surface area contributed by atoms with E-state index in [1.807, 2.05) is 11.5 Å². The zero-order valence-electron chi connectivity index (χ0n) is 14.3. The fraction of sp³-hybridized carbons (Fsp3) is 0.412. The first-order chi connectivity index (χ1) is 13.0. The zero-order valence-corrected chi connectivity index (χ0v) is 15.1. The Kier molecular flexibility index (Phi) is 3.42. The van der Waals surface area contributed by atoms with Gasteiger partial charge in [0.1, 0.15) is 28.6 Å². The van der Waals surface area contributed by atoms with Crippen molar-refractivity contribution in [2.75, 3.05) is 24.6 Å². The topological polar surface area (TPSA) is 96.8 Å². The number of aromatic nitrogens is 2. The first-order valence-corrected chi connectivity index (χ1v) is 9.45. The van der Waals surface area contributed by atoms with Crippen molar-refractivity contribution in [3.8, 4) is 5.75 Å². The number of fused-ring (bicyclic) bond motifs is 2. The molecule has 2 aliphatic heterocycles. The third kappa shape index (κ3) is 2.13. The Labute approximate surface area is 155 Å². The number of rotatable bonds is 2. The molecule has 0 bridgehead atoms. The lowest BCUT2D eigenvalue weighted by molar-refractivity contribution is 0.250. The normalized spacial score (nSPS) is 21.8. The van der Waals surface area contributed by atoms with E-state index in [2.05, 4.69) is 9.55 Å². The number of hydrogen-bond donors (Lipinski definition) is 1. The van der Waals surface area contributed by atoms with E-state index in [-0.39, 0.29) is 34.9 Å². The number of ether oxygens (including phenoxy) is 1. The van der Waals surface area contributed by atoms with Crippen molar-refractivity contribution in [1.82, 2.24) is 8.94 Å². The maximum atomic E-state index is 15.0. The van der Waals surface area contributed by atoms with Crippen LogP contribution < -0.4 is 20.6 Å². The molecule has 1 N–H and O–H groups in total. The fourth-order valence-electron chi connectivity index (χ4n) is 4.08. The van der Waals surface area contributed by atoms with Gasteiger partial charge in [0.05, 0.1) is 16.9 Å². The largest absolute Gasteiger partial charge is 0.487 e. The summed E-state index contributed by atoms with van der Waals surface area (Å²) < 4.78 is 25.4. The van der Waals surface area contributed by atoms with Crippen LogP contribution in [0.25, 0.3) is 21.1 Å². The van der Waals surface area contributed by atoms with Crippen molar-refractivity contribution in [3.63, 3.8) is 0 Å². The smallest absolute Gasteiger partial charge is 0.271 e. The fourth-order valence-corrected chi connectivity index (χ4v) is 5.03. The van der Waals surface area contributed by atoms with Gasteiger partial charge in [-0.15, -0.1) is 0 Å². The Hall–Kier alpha value is -2.75. The summed E-state index contributed by atoms with van der Waals surface area (Å²) in [5.41, 5.74) is -0.233. The summed E-state index contributed by atoms with van der Waals surface area (Å²) in [4.78, 5) is 38.1. The van der Waals surface area contributed by atoms with Gasteiger partial charge in [-0.2, -0.15) is 4.91 Å². The molecule has 0 aliphatic carbocycles. The number of hydrogen-bond acceptors (Lipinski definition) is 7. The van der Waals surface area contributed by atoms with Crippen molar-refractivity contribution in [2.45, 2.75) is 25.4 Å². The molecule has 0 radical (unpaired) electrons. The highest BCUT2D eigenvalue weighted by molar-refractivity contribution is 7.12. The van der Waals surface area contributed by atoms with Crippen LogP contribution in [0.2, 0.25) is 0 Å². The molecule has 1 aromatic carbocycles. The van der Waals surface area contributed by atoms with Crippen LogP contribution >= 0.6 is 11.5 Å². The molecule has 1 saturated heterocycles. The Bertz CT molecular complexity index is 1230. The second-order valence-corrected chi connectivity index (χ2v) is 7.79. The first kappa shape index (κ1) is 16.4. The minimum Gasteiger partial charge on any atom is -0.487 e. The summed E-state index contributed by atoms with van der Waals surface area (Å²) in [7, 11) is 0. The average molecular weight is 390 g/mol. The molecule has 2 atom stereocenters. The van der Waals surface area contributed by atoms with Gasteiger partial charge in [0, 0.05) is 13.1 Å². The Balaban J connectivity index is 1.90. The van der Waals surface area contributed by atoms with Crippen molar-refractivity contribution in [2.24, 2.45) is 5.18 Å². The monoisotopic (exact) mass is 390 g/mol. The third-order valence-corrected chi connectivity index (χ3v) is 6.22. The molecule has 1 unspecified atom stereocenters. The van der Waals surface area contributed by atoms with Crippen LogP contribution in [0, 0.1) is 10.7 Å². The molecular formula is C17H15FN4O4S. The molecule has 8 nitrogen and oxygen atoms in total. The van der Waals surface area contributed by atoms with Crippen LogP contribution in [-0.2, 0) is 0 Å². The van der Waals surface area contributed by atoms with Gasteiger partial charge in [-0.05, 0) is 30.9 Å². The number of benzene rings is 1. The minimum atomic E-state index is -0.603. The van der Waals surface area contributed by atoms with E-state index in [9.17, 15) is 14.5 Å². The minimum absolute atomic E-state index is 0.0470. The van der Waals surface area contributed by atoms with Gasteiger partial charge < -0.3 is 14.2 Å². The standard InChI is InChI=1S/C17H15FN4O4S/c1-7-6-26-15-12-9(14(23)11-16(24)20-27-17(11)22(7)12)4-10(18)13(15)21-3-2-8(5-21)19-25/h4,7-8H,2-3,5-6H2,1H3,(H,20,24)/t7-,8?/m0/s1. The molecule has 10 heteroatoms. The highest BCUT2D eigenvalue weighted by Gasteiger charge is 2.33. The van der Waals surface area contributed by atoms with Gasteiger partial charge >= 0.3 is 0 Å². The number of pyridine rings is 1. The molecule has 0 spiro atoms. The number of halogens is 1. The summed E-state index contributed by atoms with van der Waals surface area (Å²) in [6.45, 7) is 2.99. The van der Waals surface area contributed by atoms with Gasteiger partial charge in [-0.3, -0.25) is 14.0 Å². The summed E-state index contributed by atoms with van der Waals surface area (Å²) in [6.07, 6.45) is 0.544. The van der Waals surface area contributed by atoms with E-state index >= 15 is 4.39 Å². The van der Waals surface area contributed by atoms with Crippen molar-refractivity contribution in [1.29, 1.82) is 0 Å². The van der Waals surface area contributed by atoms with Crippen LogP contribution in [0.3, 0.4) is 0 Å². The number of nitrogens with one attached hydrogen (secondary N) is 1. The van der Waals surface area contributed by atoms with Crippen LogP contribution in [0.5, 0.6) is 5.75 Å². The molecule has 3 aromatic rings. The molecular weight excluding hydrogens is 375 g/mol. The summed E-state index contributed by atoms with van der Waals surface area (Å²) >= 11 is 1.09. The Morgan fingerprint density at radius 3 is 2.96 bits per heavy atom. The average Bonchev–Trinajstić information content (AvgIpc) is 3.27. The van der Waals surface area contributed by atoms with Crippen LogP contribution in [0.1, 0.15) is 19.4 Å². The van der Waals surface area contributed by atoms with E-state index in [0.29, 0.717) is 29.9 Å². The van der Waals surface area contributed by atoms with E-state index in [1.165, 1.54) is 6.07 Å². The van der Waals surface area contributed by atoms with Gasteiger partial charge in [0.15, 0.2) is 11.6 Å². The second kappa shape index (κ2) is 5.62. The van der Waals surface area contributed by atoms with Gasteiger partial charge in [0.25, 0.3) is 5.56 Å². The summed E-state index contributed by atoms with van der Waals surface area (Å²) in [6, 6.07) is 0.650. The van der Waals surface area contributed by atoms with Gasteiger partial charge in [-0.1, -0.05) is 5.18 Å². The predicted octanol–water partition coefficient (Wildman–Crippen LogP) is 2.34. The molecule has 140 valence electrons.